The fourth-order valence-electron chi connectivity index (χ4n) is 9.94. The summed E-state index contributed by atoms with van der Waals surface area (Å²) in [4.78, 5) is 82.4. The number of likely N-dealkylation sites (tertiary alicyclic amines) is 1. The normalized spacial score (nSPS) is 17.8. The minimum Gasteiger partial charge on any atom is -0.493 e. The summed E-state index contributed by atoms with van der Waals surface area (Å²) in [6.07, 6.45) is 14.3. The van der Waals surface area contributed by atoms with E-state index >= 15 is 0 Å². The highest BCUT2D eigenvalue weighted by Gasteiger charge is 2.42. The molecule has 4 heterocycles. The number of carbonyl (C=O) groups is 6. The molecule has 1 atom stereocenters. The van der Waals surface area contributed by atoms with Crippen molar-refractivity contribution < 1.29 is 42.6 Å². The van der Waals surface area contributed by atoms with Crippen LogP contribution in [-0.2, 0) is 33.9 Å². The van der Waals surface area contributed by atoms with Crippen molar-refractivity contribution in [1.29, 1.82) is 0 Å². The van der Waals surface area contributed by atoms with Gasteiger partial charge in [0.1, 0.15) is 11.9 Å². The number of carbonyl (C=O) groups excluding carboxylic acids is 6. The van der Waals surface area contributed by atoms with Crippen molar-refractivity contribution in [3.8, 4) is 11.5 Å². The molecule has 3 aromatic carbocycles. The molecule has 0 bridgehead atoms. The van der Waals surface area contributed by atoms with Crippen molar-refractivity contribution in [2.45, 2.75) is 135 Å². The van der Waals surface area contributed by atoms with Crippen molar-refractivity contribution in [1.82, 2.24) is 20.0 Å². The quantitative estimate of drug-likeness (QED) is 0.0799. The zero-order chi connectivity index (χ0) is 45.3. The second kappa shape index (κ2) is 21.4. The van der Waals surface area contributed by atoms with Crippen LogP contribution >= 0.6 is 0 Å². The highest BCUT2D eigenvalue weighted by atomic mass is 19.1. The van der Waals surface area contributed by atoms with Gasteiger partial charge in [-0.05, 0) is 124 Å². The molecule has 0 saturated carbocycles. The first kappa shape index (κ1) is 46.4. The van der Waals surface area contributed by atoms with Crippen LogP contribution in [0.15, 0.2) is 42.5 Å². The van der Waals surface area contributed by atoms with Gasteiger partial charge < -0.3 is 24.6 Å². The minimum absolute atomic E-state index is 0.0682. The van der Waals surface area contributed by atoms with Crippen molar-refractivity contribution in [3.63, 3.8) is 0 Å². The third-order valence-electron chi connectivity index (χ3n) is 13.2. The summed E-state index contributed by atoms with van der Waals surface area (Å²) < 4.78 is 25.9. The minimum atomic E-state index is -0.714. The summed E-state index contributed by atoms with van der Waals surface area (Å²) in [6, 6.07) is 11.1. The number of nitrogens with zero attached hydrogens (tertiary/aromatic N) is 3. The lowest BCUT2D eigenvalue weighted by molar-refractivity contribution is -0.137. The van der Waals surface area contributed by atoms with Gasteiger partial charge in [-0.25, -0.2) is 4.39 Å². The number of ether oxygens (including phenoxy) is 2. The van der Waals surface area contributed by atoms with E-state index in [0.717, 1.165) is 86.8 Å². The summed E-state index contributed by atoms with van der Waals surface area (Å²) in [5.74, 6) is -1.37. The molecule has 13 nitrogen and oxygen atoms in total. The Morgan fingerprint density at radius 1 is 0.812 bits per heavy atom. The Labute approximate surface area is 375 Å². The van der Waals surface area contributed by atoms with Gasteiger partial charge in [0, 0.05) is 25.5 Å². The molecule has 2 saturated heterocycles. The van der Waals surface area contributed by atoms with Crippen molar-refractivity contribution in [3.05, 3.63) is 87.2 Å². The molecule has 0 aliphatic carbocycles. The average molecular weight is 880 g/mol. The Kier molecular flexibility index (Phi) is 15.5. The molecular weight excluding hydrogens is 818 g/mol. The molecule has 7 rings (SSSR count). The van der Waals surface area contributed by atoms with Crippen LogP contribution in [0.2, 0.25) is 0 Å². The fourth-order valence-corrected chi connectivity index (χ4v) is 9.94. The van der Waals surface area contributed by atoms with E-state index in [1.54, 1.807) is 31.4 Å². The van der Waals surface area contributed by atoms with Crippen LogP contribution in [-0.4, -0.2) is 89.5 Å². The Balaban J connectivity index is 0.785. The summed E-state index contributed by atoms with van der Waals surface area (Å²) in [5.41, 5.74) is 4.60. The molecule has 6 amide bonds. The number of aryl methyl sites for hydroxylation is 1. The van der Waals surface area contributed by atoms with Crippen LogP contribution in [0, 0.1) is 5.82 Å². The Morgan fingerprint density at radius 3 is 2.17 bits per heavy atom. The van der Waals surface area contributed by atoms with Crippen LogP contribution in [0.3, 0.4) is 0 Å². The monoisotopic (exact) mass is 879 g/mol. The van der Waals surface area contributed by atoms with Gasteiger partial charge in [-0.1, -0.05) is 63.5 Å². The molecule has 4 aliphatic rings. The summed E-state index contributed by atoms with van der Waals surface area (Å²) in [7, 11) is 1.56. The second-order valence-electron chi connectivity index (χ2n) is 17.6. The lowest BCUT2D eigenvalue weighted by Crippen LogP contribution is -2.52. The first-order chi connectivity index (χ1) is 31.0. The van der Waals surface area contributed by atoms with E-state index in [0.29, 0.717) is 41.3 Å². The van der Waals surface area contributed by atoms with Crippen LogP contribution in [0.25, 0.3) is 0 Å². The number of hydrogen-bond acceptors (Lipinski definition) is 9. The van der Waals surface area contributed by atoms with Gasteiger partial charge in [-0.2, -0.15) is 0 Å². The average Bonchev–Trinajstić information content (AvgIpc) is 3.73. The van der Waals surface area contributed by atoms with Crippen LogP contribution < -0.4 is 20.1 Å². The Morgan fingerprint density at radius 2 is 1.50 bits per heavy atom. The maximum absolute atomic E-state index is 14.8. The van der Waals surface area contributed by atoms with Crippen LogP contribution in [0.4, 0.5) is 10.1 Å². The van der Waals surface area contributed by atoms with Gasteiger partial charge in [0.05, 0.1) is 37.1 Å². The maximum Gasteiger partial charge on any atom is 0.263 e. The van der Waals surface area contributed by atoms with Gasteiger partial charge in [0.2, 0.25) is 17.7 Å². The number of amides is 6. The number of fused-ring (bicyclic) bond motifs is 2. The molecule has 0 aromatic heterocycles. The largest absolute Gasteiger partial charge is 0.493 e. The molecule has 342 valence electrons. The molecule has 2 N–H and O–H groups in total. The number of rotatable bonds is 21. The van der Waals surface area contributed by atoms with E-state index in [2.05, 4.69) is 15.5 Å². The number of hydrogen-bond donors (Lipinski definition) is 2. The van der Waals surface area contributed by atoms with Gasteiger partial charge in [0.15, 0.2) is 11.5 Å². The highest BCUT2D eigenvalue weighted by Crippen LogP contribution is 2.39. The topological polar surface area (TPSA) is 155 Å². The summed E-state index contributed by atoms with van der Waals surface area (Å²) in [5, 5.41) is 5.09. The molecule has 1 unspecified atom stereocenters. The zero-order valence-corrected chi connectivity index (χ0v) is 37.5. The van der Waals surface area contributed by atoms with Crippen molar-refractivity contribution >= 4 is 41.1 Å². The number of unbranched alkanes of at least 4 members (excludes halogenated alkanes) is 9. The number of anilines is 1. The van der Waals surface area contributed by atoms with Gasteiger partial charge in [-0.3, -0.25) is 39.0 Å². The van der Waals surface area contributed by atoms with Gasteiger partial charge >= 0.3 is 0 Å². The predicted molar refractivity (Wildman–Crippen MR) is 240 cm³/mol. The first-order valence-corrected chi connectivity index (χ1v) is 23.3. The van der Waals surface area contributed by atoms with Crippen molar-refractivity contribution in [2.24, 2.45) is 0 Å². The number of methoxy groups -OCH3 is 1. The fraction of sp³-hybridized carbons (Fsp3) is 0.520. The zero-order valence-electron chi connectivity index (χ0n) is 37.5. The molecule has 0 spiro atoms. The maximum atomic E-state index is 14.8. The summed E-state index contributed by atoms with van der Waals surface area (Å²) >= 11 is 0. The number of piperidine rings is 2. The number of nitrogens with one attached hydrogen (secondary N) is 2. The van der Waals surface area contributed by atoms with E-state index in [1.807, 2.05) is 19.1 Å². The molecule has 0 radical (unpaired) electrons. The van der Waals surface area contributed by atoms with Gasteiger partial charge in [-0.15, -0.1) is 0 Å². The lowest BCUT2D eigenvalue weighted by atomic mass is 9.85. The molecule has 64 heavy (non-hydrogen) atoms. The van der Waals surface area contributed by atoms with E-state index in [1.165, 1.54) is 54.9 Å². The number of imide groups is 2. The Hall–Kier alpha value is -5.63. The van der Waals surface area contributed by atoms with E-state index in [-0.39, 0.29) is 61.0 Å². The number of halogens is 1. The van der Waals surface area contributed by atoms with Gasteiger partial charge in [0.25, 0.3) is 17.7 Å². The predicted octanol–water partition coefficient (Wildman–Crippen LogP) is 8.07. The third kappa shape index (κ3) is 10.7. The van der Waals surface area contributed by atoms with E-state index in [9.17, 15) is 33.2 Å². The standard InChI is InChI=1S/C50H62FN5O8/c1-4-64-43-27-33(16-20-42(43)63-3)30-56-49(61)45-35(17-18-40(52-32(2)57)46(45)50(56)62)15-13-11-9-7-5-6-8-10-12-14-24-54-25-22-34(23-26-54)37-28-36(51)29-38-39(37)31-55(48(38)60)41-19-21-44(58)53-47(41)59/h16-18,20,27-29,34,41H,4-15,19,21-26,30-31H2,1-3H3,(H,52,57)(H,53,58,59). The highest BCUT2D eigenvalue weighted by molar-refractivity contribution is 6.25. The molecule has 3 aromatic rings. The smallest absolute Gasteiger partial charge is 0.263 e. The SMILES string of the molecule is CCOc1cc(CN2C(=O)c3c(CCCCCCCCCCCCN4CCC(c5cc(F)cc6c5CN(C5CCC(=O)NC5=O)C6=O)CC4)ccc(NC(C)=O)c3C2=O)ccc1OC. The molecule has 4 aliphatic heterocycles. The number of benzene rings is 3. The Bertz CT molecular complexity index is 2250. The molecule has 2 fully saturated rings. The van der Waals surface area contributed by atoms with E-state index < -0.39 is 23.7 Å². The summed E-state index contributed by atoms with van der Waals surface area (Å²) in [6.45, 7) is 6.95. The third-order valence-corrected chi connectivity index (χ3v) is 13.2. The second-order valence-corrected chi connectivity index (χ2v) is 17.6. The van der Waals surface area contributed by atoms with Crippen molar-refractivity contribution in [2.75, 3.05) is 38.7 Å². The van der Waals surface area contributed by atoms with Crippen LogP contribution in [0.5, 0.6) is 11.5 Å². The molecule has 14 heteroatoms. The lowest BCUT2D eigenvalue weighted by Gasteiger charge is -2.33. The molecular formula is C50H62FN5O8. The van der Waals surface area contributed by atoms with Crippen LogP contribution in [0.1, 0.15) is 163 Å². The van der Waals surface area contributed by atoms with E-state index in [4.69, 9.17) is 9.47 Å². The first-order valence-electron chi connectivity index (χ1n) is 23.3.